The molecule has 0 aromatic rings. The standard InChI is InChI=1S/C11H22N2O2/c1-9-6-13(3-2-11(9)12)7-10-8-14-4-5-15-10/h9-11H,2-8,12H2,1H3. The molecular weight excluding hydrogens is 192 g/mol. The van der Waals surface area contributed by atoms with E-state index in [4.69, 9.17) is 15.2 Å². The maximum absolute atomic E-state index is 5.99. The van der Waals surface area contributed by atoms with Crippen LogP contribution < -0.4 is 5.73 Å². The summed E-state index contributed by atoms with van der Waals surface area (Å²) in [6.45, 7) is 7.67. The van der Waals surface area contributed by atoms with Gasteiger partial charge in [0.2, 0.25) is 0 Å². The molecule has 2 heterocycles. The van der Waals surface area contributed by atoms with E-state index in [-0.39, 0.29) is 6.10 Å². The Morgan fingerprint density at radius 1 is 1.40 bits per heavy atom. The van der Waals surface area contributed by atoms with Crippen LogP contribution in [0.5, 0.6) is 0 Å². The molecule has 2 rings (SSSR count). The van der Waals surface area contributed by atoms with Crippen LogP contribution >= 0.6 is 0 Å². The number of hydrogen-bond acceptors (Lipinski definition) is 4. The minimum Gasteiger partial charge on any atom is -0.376 e. The van der Waals surface area contributed by atoms with Crippen LogP contribution in [0.25, 0.3) is 0 Å². The van der Waals surface area contributed by atoms with Crippen molar-refractivity contribution in [3.05, 3.63) is 0 Å². The molecule has 0 radical (unpaired) electrons. The molecular formula is C11H22N2O2. The van der Waals surface area contributed by atoms with Crippen molar-refractivity contribution in [2.45, 2.75) is 25.5 Å². The Hall–Kier alpha value is -0.160. The molecule has 2 fully saturated rings. The van der Waals surface area contributed by atoms with Crippen molar-refractivity contribution < 1.29 is 9.47 Å². The molecule has 0 aromatic carbocycles. The highest BCUT2D eigenvalue weighted by molar-refractivity contribution is 4.81. The van der Waals surface area contributed by atoms with Crippen molar-refractivity contribution in [2.24, 2.45) is 11.7 Å². The van der Waals surface area contributed by atoms with Crippen LogP contribution in [0.2, 0.25) is 0 Å². The van der Waals surface area contributed by atoms with Gasteiger partial charge < -0.3 is 20.1 Å². The predicted molar refractivity (Wildman–Crippen MR) is 58.8 cm³/mol. The molecule has 0 amide bonds. The first-order valence-corrected chi connectivity index (χ1v) is 5.93. The second kappa shape index (κ2) is 5.25. The Kier molecular flexibility index (Phi) is 3.97. The Morgan fingerprint density at radius 2 is 2.27 bits per heavy atom. The molecule has 3 atom stereocenters. The summed E-state index contributed by atoms with van der Waals surface area (Å²) in [5.41, 5.74) is 5.99. The van der Waals surface area contributed by atoms with Gasteiger partial charge in [0.25, 0.3) is 0 Å². The van der Waals surface area contributed by atoms with Crippen LogP contribution in [0.15, 0.2) is 0 Å². The molecule has 4 nitrogen and oxygen atoms in total. The topological polar surface area (TPSA) is 47.7 Å². The van der Waals surface area contributed by atoms with Crippen LogP contribution in [0.1, 0.15) is 13.3 Å². The lowest BCUT2D eigenvalue weighted by molar-refractivity contribution is -0.1000. The number of nitrogens with two attached hydrogens (primary N) is 1. The average molecular weight is 214 g/mol. The molecule has 0 saturated carbocycles. The predicted octanol–water partition coefficient (Wildman–Crippen LogP) is 0.0709. The van der Waals surface area contributed by atoms with Gasteiger partial charge in [0.15, 0.2) is 0 Å². The van der Waals surface area contributed by atoms with Crippen molar-refractivity contribution in [2.75, 3.05) is 39.5 Å². The van der Waals surface area contributed by atoms with Gasteiger partial charge in [-0.15, -0.1) is 0 Å². The fourth-order valence-corrected chi connectivity index (χ4v) is 2.35. The van der Waals surface area contributed by atoms with E-state index in [1.165, 1.54) is 0 Å². The molecule has 2 aliphatic heterocycles. The monoisotopic (exact) mass is 214 g/mol. The molecule has 0 bridgehead atoms. The van der Waals surface area contributed by atoms with E-state index in [1.807, 2.05) is 0 Å². The molecule has 2 aliphatic rings. The lowest BCUT2D eigenvalue weighted by Crippen LogP contribution is -2.49. The Labute approximate surface area is 91.7 Å². The van der Waals surface area contributed by atoms with Crippen molar-refractivity contribution >= 4 is 0 Å². The van der Waals surface area contributed by atoms with E-state index in [0.29, 0.717) is 12.0 Å². The zero-order valence-electron chi connectivity index (χ0n) is 9.52. The summed E-state index contributed by atoms with van der Waals surface area (Å²) in [6.07, 6.45) is 1.37. The third-order valence-corrected chi connectivity index (χ3v) is 3.40. The van der Waals surface area contributed by atoms with Gasteiger partial charge in [-0.2, -0.15) is 0 Å². The first-order chi connectivity index (χ1) is 7.25. The van der Waals surface area contributed by atoms with Gasteiger partial charge in [-0.05, 0) is 18.9 Å². The van der Waals surface area contributed by atoms with E-state index in [1.54, 1.807) is 0 Å². The summed E-state index contributed by atoms with van der Waals surface area (Å²) in [5.74, 6) is 0.600. The molecule has 15 heavy (non-hydrogen) atoms. The van der Waals surface area contributed by atoms with Crippen LogP contribution in [0.4, 0.5) is 0 Å². The maximum atomic E-state index is 5.99. The summed E-state index contributed by atoms with van der Waals surface area (Å²) in [5, 5.41) is 0. The highest BCUT2D eigenvalue weighted by Gasteiger charge is 2.25. The van der Waals surface area contributed by atoms with Gasteiger partial charge >= 0.3 is 0 Å². The van der Waals surface area contributed by atoms with Crippen LogP contribution in [0.3, 0.4) is 0 Å². The molecule has 0 aliphatic carbocycles. The second-order valence-electron chi connectivity index (χ2n) is 4.76. The van der Waals surface area contributed by atoms with E-state index in [2.05, 4.69) is 11.8 Å². The molecule has 2 N–H and O–H groups in total. The first-order valence-electron chi connectivity index (χ1n) is 5.93. The minimum atomic E-state index is 0.264. The largest absolute Gasteiger partial charge is 0.376 e. The summed E-state index contributed by atoms with van der Waals surface area (Å²) < 4.78 is 11.0. The molecule has 4 heteroatoms. The van der Waals surface area contributed by atoms with E-state index < -0.39 is 0 Å². The van der Waals surface area contributed by atoms with Crippen LogP contribution in [0, 0.1) is 5.92 Å². The molecule has 3 unspecified atom stereocenters. The maximum Gasteiger partial charge on any atom is 0.0936 e. The van der Waals surface area contributed by atoms with Gasteiger partial charge in [-0.25, -0.2) is 0 Å². The Balaban J connectivity index is 1.74. The number of rotatable bonds is 2. The van der Waals surface area contributed by atoms with Crippen LogP contribution in [-0.4, -0.2) is 56.5 Å². The smallest absolute Gasteiger partial charge is 0.0936 e. The third-order valence-electron chi connectivity index (χ3n) is 3.40. The number of likely N-dealkylation sites (tertiary alicyclic amines) is 1. The highest BCUT2D eigenvalue weighted by Crippen LogP contribution is 2.16. The normalized spacial score (nSPS) is 39.2. The molecule has 0 aromatic heterocycles. The average Bonchev–Trinajstić information content (AvgIpc) is 2.25. The molecule has 0 spiro atoms. The van der Waals surface area contributed by atoms with Crippen molar-refractivity contribution in [1.82, 2.24) is 4.90 Å². The van der Waals surface area contributed by atoms with E-state index in [9.17, 15) is 0 Å². The van der Waals surface area contributed by atoms with Gasteiger partial charge in [-0.3, -0.25) is 0 Å². The Bertz CT molecular complexity index is 195. The lowest BCUT2D eigenvalue weighted by atomic mass is 9.94. The molecule has 88 valence electrons. The molecule has 2 saturated heterocycles. The number of hydrogen-bond donors (Lipinski definition) is 1. The van der Waals surface area contributed by atoms with Gasteiger partial charge in [0.05, 0.1) is 25.9 Å². The number of nitrogens with zero attached hydrogens (tertiary/aromatic N) is 1. The van der Waals surface area contributed by atoms with Gasteiger partial charge in [-0.1, -0.05) is 6.92 Å². The highest BCUT2D eigenvalue weighted by atomic mass is 16.6. The lowest BCUT2D eigenvalue weighted by Gasteiger charge is -2.37. The summed E-state index contributed by atoms with van der Waals surface area (Å²) in [7, 11) is 0. The summed E-state index contributed by atoms with van der Waals surface area (Å²) >= 11 is 0. The van der Waals surface area contributed by atoms with Gasteiger partial charge in [0, 0.05) is 19.1 Å². The van der Waals surface area contributed by atoms with Crippen molar-refractivity contribution in [3.8, 4) is 0 Å². The summed E-state index contributed by atoms with van der Waals surface area (Å²) in [4.78, 5) is 2.45. The Morgan fingerprint density at radius 3 is 2.93 bits per heavy atom. The fraction of sp³-hybridized carbons (Fsp3) is 1.00. The SMILES string of the molecule is CC1CN(CC2COCCO2)CCC1N. The van der Waals surface area contributed by atoms with E-state index >= 15 is 0 Å². The zero-order chi connectivity index (χ0) is 10.7. The van der Waals surface area contributed by atoms with Crippen molar-refractivity contribution in [3.63, 3.8) is 0 Å². The van der Waals surface area contributed by atoms with E-state index in [0.717, 1.165) is 45.9 Å². The number of piperidine rings is 1. The number of ether oxygens (including phenoxy) is 2. The second-order valence-corrected chi connectivity index (χ2v) is 4.76. The summed E-state index contributed by atoms with van der Waals surface area (Å²) in [6, 6.07) is 0.379. The zero-order valence-corrected chi connectivity index (χ0v) is 9.52. The quantitative estimate of drug-likeness (QED) is 0.707. The fourth-order valence-electron chi connectivity index (χ4n) is 2.35. The third kappa shape index (κ3) is 3.14. The van der Waals surface area contributed by atoms with Crippen molar-refractivity contribution in [1.29, 1.82) is 0 Å². The van der Waals surface area contributed by atoms with Gasteiger partial charge in [0.1, 0.15) is 0 Å². The first kappa shape index (κ1) is 11.3. The van der Waals surface area contributed by atoms with Crippen LogP contribution in [-0.2, 0) is 9.47 Å². The minimum absolute atomic E-state index is 0.264.